The van der Waals surface area contributed by atoms with Crippen LogP contribution in [0, 0.1) is 6.92 Å². The summed E-state index contributed by atoms with van der Waals surface area (Å²) in [6, 6.07) is 1.83. The summed E-state index contributed by atoms with van der Waals surface area (Å²) in [6.07, 6.45) is 1.74. The fourth-order valence-electron chi connectivity index (χ4n) is 1.11. The minimum atomic E-state index is 0.0676. The smallest absolute Gasteiger partial charge is 0.186 e. The zero-order valence-corrected chi connectivity index (χ0v) is 8.63. The predicted octanol–water partition coefficient (Wildman–Crippen LogP) is 0.120. The molecule has 1 aromatic heterocycles. The third kappa shape index (κ3) is 2.97. The normalized spacial score (nSPS) is 12.8. The lowest BCUT2D eigenvalue weighted by Crippen LogP contribution is -2.34. The molecule has 0 aliphatic rings. The SMILES string of the molecule is Cc1cc(=O)c(CN[C@H](C)CN)c[nH]1. The molecule has 1 heterocycles. The second-order valence-corrected chi connectivity index (χ2v) is 3.52. The molecule has 78 valence electrons. The van der Waals surface area contributed by atoms with E-state index in [1.807, 2.05) is 13.8 Å². The molecule has 1 rings (SSSR count). The van der Waals surface area contributed by atoms with Gasteiger partial charge >= 0.3 is 0 Å². The maximum Gasteiger partial charge on any atom is 0.186 e. The Labute approximate surface area is 83.5 Å². The first kappa shape index (κ1) is 10.9. The fourth-order valence-corrected chi connectivity index (χ4v) is 1.11. The second kappa shape index (κ2) is 4.93. The second-order valence-electron chi connectivity index (χ2n) is 3.52. The van der Waals surface area contributed by atoms with Gasteiger partial charge in [0.1, 0.15) is 0 Å². The fraction of sp³-hybridized carbons (Fsp3) is 0.500. The molecule has 0 spiro atoms. The van der Waals surface area contributed by atoms with Gasteiger partial charge in [0.15, 0.2) is 5.43 Å². The summed E-state index contributed by atoms with van der Waals surface area (Å²) in [5, 5.41) is 3.16. The molecule has 0 radical (unpaired) electrons. The molecule has 0 saturated heterocycles. The van der Waals surface area contributed by atoms with Crippen molar-refractivity contribution in [1.82, 2.24) is 10.3 Å². The van der Waals surface area contributed by atoms with E-state index < -0.39 is 0 Å². The van der Waals surface area contributed by atoms with Crippen molar-refractivity contribution >= 4 is 0 Å². The Morgan fingerprint density at radius 3 is 2.93 bits per heavy atom. The van der Waals surface area contributed by atoms with Gasteiger partial charge < -0.3 is 16.0 Å². The van der Waals surface area contributed by atoms with Crippen LogP contribution < -0.4 is 16.5 Å². The van der Waals surface area contributed by atoms with Crippen LogP contribution in [0.2, 0.25) is 0 Å². The molecule has 4 N–H and O–H groups in total. The van der Waals surface area contributed by atoms with Crippen LogP contribution in [0.5, 0.6) is 0 Å². The van der Waals surface area contributed by atoms with Crippen molar-refractivity contribution in [2.75, 3.05) is 6.54 Å². The molecule has 0 aromatic carbocycles. The van der Waals surface area contributed by atoms with Gasteiger partial charge in [0, 0.05) is 42.7 Å². The standard InChI is InChI=1S/C10H17N3O/c1-7-3-10(14)9(5-12-7)6-13-8(2)4-11/h3,5,8,13H,4,6,11H2,1-2H3,(H,12,14)/t8-/m1/s1. The average Bonchev–Trinajstić information content (AvgIpc) is 2.16. The van der Waals surface area contributed by atoms with Gasteiger partial charge in [0.05, 0.1) is 0 Å². The largest absolute Gasteiger partial charge is 0.365 e. The number of rotatable bonds is 4. The molecule has 0 fully saturated rings. The maximum absolute atomic E-state index is 11.4. The number of hydrogen-bond donors (Lipinski definition) is 3. The number of hydrogen-bond acceptors (Lipinski definition) is 3. The highest BCUT2D eigenvalue weighted by atomic mass is 16.1. The predicted molar refractivity (Wildman–Crippen MR) is 57.2 cm³/mol. The van der Waals surface area contributed by atoms with E-state index in [4.69, 9.17) is 5.73 Å². The highest BCUT2D eigenvalue weighted by Gasteiger charge is 2.01. The molecule has 1 atom stereocenters. The maximum atomic E-state index is 11.4. The van der Waals surface area contributed by atoms with Crippen LogP contribution in [0.15, 0.2) is 17.1 Å². The van der Waals surface area contributed by atoms with Crippen molar-refractivity contribution in [1.29, 1.82) is 0 Å². The monoisotopic (exact) mass is 195 g/mol. The Morgan fingerprint density at radius 1 is 1.64 bits per heavy atom. The summed E-state index contributed by atoms with van der Waals surface area (Å²) in [5.41, 5.74) is 7.14. The van der Waals surface area contributed by atoms with Gasteiger partial charge in [0.2, 0.25) is 0 Å². The lowest BCUT2D eigenvalue weighted by molar-refractivity contribution is 0.554. The van der Waals surface area contributed by atoms with Gasteiger partial charge in [-0.1, -0.05) is 0 Å². The number of aryl methyl sites for hydroxylation is 1. The zero-order chi connectivity index (χ0) is 10.6. The van der Waals surface area contributed by atoms with Gasteiger partial charge in [0.25, 0.3) is 0 Å². The van der Waals surface area contributed by atoms with E-state index in [-0.39, 0.29) is 11.5 Å². The third-order valence-electron chi connectivity index (χ3n) is 2.13. The van der Waals surface area contributed by atoms with Gasteiger partial charge in [-0.05, 0) is 13.8 Å². The summed E-state index contributed by atoms with van der Waals surface area (Å²) >= 11 is 0. The summed E-state index contributed by atoms with van der Waals surface area (Å²) < 4.78 is 0. The molecular formula is C10H17N3O. The minimum absolute atomic E-state index is 0.0676. The molecule has 4 heteroatoms. The molecule has 0 aliphatic heterocycles. The van der Waals surface area contributed by atoms with Gasteiger partial charge in [-0.2, -0.15) is 0 Å². The van der Waals surface area contributed by atoms with Crippen molar-refractivity contribution in [3.63, 3.8) is 0 Å². The van der Waals surface area contributed by atoms with Crippen molar-refractivity contribution < 1.29 is 0 Å². The van der Waals surface area contributed by atoms with Gasteiger partial charge in [-0.15, -0.1) is 0 Å². The van der Waals surface area contributed by atoms with Crippen LogP contribution in [0.4, 0.5) is 0 Å². The number of nitrogens with two attached hydrogens (primary N) is 1. The van der Waals surface area contributed by atoms with E-state index in [0.717, 1.165) is 11.3 Å². The Morgan fingerprint density at radius 2 is 2.36 bits per heavy atom. The van der Waals surface area contributed by atoms with Crippen LogP contribution in [0.3, 0.4) is 0 Å². The number of pyridine rings is 1. The lowest BCUT2D eigenvalue weighted by Gasteiger charge is -2.10. The zero-order valence-electron chi connectivity index (χ0n) is 8.63. The molecule has 0 unspecified atom stereocenters. The highest BCUT2D eigenvalue weighted by molar-refractivity contribution is 5.13. The van der Waals surface area contributed by atoms with Crippen molar-refractivity contribution in [3.05, 3.63) is 33.7 Å². The topological polar surface area (TPSA) is 70.9 Å². The highest BCUT2D eigenvalue weighted by Crippen LogP contribution is 1.92. The number of H-pyrrole nitrogens is 1. The molecule has 0 bridgehead atoms. The van der Waals surface area contributed by atoms with Crippen LogP contribution >= 0.6 is 0 Å². The van der Waals surface area contributed by atoms with Crippen LogP contribution in [-0.2, 0) is 6.54 Å². The Balaban J connectivity index is 2.64. The Kier molecular flexibility index (Phi) is 3.85. The van der Waals surface area contributed by atoms with Gasteiger partial charge in [-0.25, -0.2) is 0 Å². The molecule has 0 amide bonds. The van der Waals surface area contributed by atoms with Crippen molar-refractivity contribution in [2.24, 2.45) is 5.73 Å². The molecule has 4 nitrogen and oxygen atoms in total. The van der Waals surface area contributed by atoms with E-state index in [1.54, 1.807) is 12.3 Å². The average molecular weight is 195 g/mol. The number of nitrogens with one attached hydrogen (secondary N) is 2. The molecule has 14 heavy (non-hydrogen) atoms. The first-order chi connectivity index (χ1) is 6.63. The first-order valence-corrected chi connectivity index (χ1v) is 4.75. The van der Waals surface area contributed by atoms with E-state index in [0.29, 0.717) is 13.1 Å². The van der Waals surface area contributed by atoms with E-state index in [2.05, 4.69) is 10.3 Å². The molecule has 0 saturated carbocycles. The number of aromatic amines is 1. The summed E-state index contributed by atoms with van der Waals surface area (Å²) in [6.45, 7) is 4.99. The summed E-state index contributed by atoms with van der Waals surface area (Å²) in [7, 11) is 0. The molecule has 1 aromatic rings. The van der Waals surface area contributed by atoms with E-state index in [1.165, 1.54) is 0 Å². The first-order valence-electron chi connectivity index (χ1n) is 4.75. The van der Waals surface area contributed by atoms with Crippen LogP contribution in [0.25, 0.3) is 0 Å². The summed E-state index contributed by atoms with van der Waals surface area (Å²) in [5.74, 6) is 0. The quantitative estimate of drug-likeness (QED) is 0.639. The van der Waals surface area contributed by atoms with Crippen LogP contribution in [0.1, 0.15) is 18.2 Å². The lowest BCUT2D eigenvalue weighted by atomic mass is 10.2. The Hall–Kier alpha value is -1.13. The molecule has 0 aliphatic carbocycles. The van der Waals surface area contributed by atoms with Crippen molar-refractivity contribution in [2.45, 2.75) is 26.4 Å². The third-order valence-corrected chi connectivity index (χ3v) is 2.13. The minimum Gasteiger partial charge on any atom is -0.365 e. The Bertz CT molecular complexity index is 345. The van der Waals surface area contributed by atoms with Crippen LogP contribution in [-0.4, -0.2) is 17.6 Å². The van der Waals surface area contributed by atoms with Crippen molar-refractivity contribution in [3.8, 4) is 0 Å². The molecular weight excluding hydrogens is 178 g/mol. The van der Waals surface area contributed by atoms with E-state index in [9.17, 15) is 4.79 Å². The number of aromatic nitrogens is 1. The van der Waals surface area contributed by atoms with E-state index >= 15 is 0 Å². The van der Waals surface area contributed by atoms with Gasteiger partial charge in [-0.3, -0.25) is 4.79 Å². The summed E-state index contributed by atoms with van der Waals surface area (Å²) in [4.78, 5) is 14.5.